The van der Waals surface area contributed by atoms with E-state index in [1.807, 2.05) is 0 Å². The SMILES string of the molecule is NC(=O)CN(C1CCNC1)S(=O)(=O)c1cccc(F)c1. The number of halogens is 1. The molecule has 8 heteroatoms. The second-order valence-corrected chi connectivity index (χ2v) is 6.51. The molecule has 1 aromatic carbocycles. The summed E-state index contributed by atoms with van der Waals surface area (Å²) in [6.07, 6.45) is 0.585. The third-order valence-corrected chi connectivity index (χ3v) is 5.05. The first-order valence-corrected chi connectivity index (χ1v) is 7.61. The van der Waals surface area contributed by atoms with Crippen molar-refractivity contribution in [2.24, 2.45) is 5.73 Å². The third-order valence-electron chi connectivity index (χ3n) is 3.16. The van der Waals surface area contributed by atoms with Crippen LogP contribution < -0.4 is 11.1 Å². The van der Waals surface area contributed by atoms with Crippen molar-refractivity contribution in [1.82, 2.24) is 9.62 Å². The summed E-state index contributed by atoms with van der Waals surface area (Å²) >= 11 is 0. The molecule has 1 amide bonds. The van der Waals surface area contributed by atoms with Gasteiger partial charge in [0.1, 0.15) is 5.82 Å². The number of amides is 1. The lowest BCUT2D eigenvalue weighted by atomic mass is 10.2. The Kier molecular flexibility index (Phi) is 4.36. The Morgan fingerprint density at radius 2 is 2.25 bits per heavy atom. The Morgan fingerprint density at radius 1 is 1.50 bits per heavy atom. The van der Waals surface area contributed by atoms with Crippen molar-refractivity contribution >= 4 is 15.9 Å². The van der Waals surface area contributed by atoms with Gasteiger partial charge in [0.15, 0.2) is 0 Å². The lowest BCUT2D eigenvalue weighted by Crippen LogP contribution is -2.46. The maximum Gasteiger partial charge on any atom is 0.243 e. The first-order valence-electron chi connectivity index (χ1n) is 6.17. The maximum absolute atomic E-state index is 13.2. The van der Waals surface area contributed by atoms with Gasteiger partial charge in [-0.1, -0.05) is 6.07 Å². The number of carbonyl (C=O) groups excluding carboxylic acids is 1. The van der Waals surface area contributed by atoms with Gasteiger partial charge in [-0.3, -0.25) is 4.79 Å². The van der Waals surface area contributed by atoms with Crippen molar-refractivity contribution in [1.29, 1.82) is 0 Å². The zero-order valence-electron chi connectivity index (χ0n) is 10.8. The van der Waals surface area contributed by atoms with Crippen LogP contribution in [0.25, 0.3) is 0 Å². The van der Waals surface area contributed by atoms with E-state index in [1.165, 1.54) is 12.1 Å². The van der Waals surface area contributed by atoms with E-state index in [0.717, 1.165) is 16.4 Å². The quantitative estimate of drug-likeness (QED) is 0.778. The molecule has 20 heavy (non-hydrogen) atoms. The first kappa shape index (κ1) is 14.9. The van der Waals surface area contributed by atoms with Crippen LogP contribution in [0.3, 0.4) is 0 Å². The van der Waals surface area contributed by atoms with Crippen molar-refractivity contribution in [3.8, 4) is 0 Å². The van der Waals surface area contributed by atoms with Crippen LogP contribution in [0, 0.1) is 5.82 Å². The predicted octanol–water partition coefficient (Wildman–Crippen LogP) is -0.336. The van der Waals surface area contributed by atoms with E-state index in [9.17, 15) is 17.6 Å². The molecule has 0 spiro atoms. The number of nitrogens with one attached hydrogen (secondary N) is 1. The predicted molar refractivity (Wildman–Crippen MR) is 70.8 cm³/mol. The highest BCUT2D eigenvalue weighted by Crippen LogP contribution is 2.21. The van der Waals surface area contributed by atoms with Crippen LogP contribution in [-0.4, -0.2) is 44.3 Å². The molecule has 0 aliphatic carbocycles. The number of benzene rings is 1. The second-order valence-electron chi connectivity index (χ2n) is 4.62. The fourth-order valence-electron chi connectivity index (χ4n) is 2.21. The summed E-state index contributed by atoms with van der Waals surface area (Å²) in [5.74, 6) is -1.38. The van der Waals surface area contributed by atoms with Crippen molar-refractivity contribution < 1.29 is 17.6 Å². The standard InChI is InChI=1S/C12H16FN3O3S/c13-9-2-1-3-11(6-9)20(18,19)16(8-12(14)17)10-4-5-15-7-10/h1-3,6,10,15H,4-5,7-8H2,(H2,14,17). The highest BCUT2D eigenvalue weighted by atomic mass is 32.2. The van der Waals surface area contributed by atoms with Gasteiger partial charge < -0.3 is 11.1 Å². The van der Waals surface area contributed by atoms with Gasteiger partial charge in [0.2, 0.25) is 15.9 Å². The molecule has 0 saturated carbocycles. The number of hydrogen-bond acceptors (Lipinski definition) is 4. The Bertz CT molecular complexity index is 600. The van der Waals surface area contributed by atoms with Crippen LogP contribution in [0.15, 0.2) is 29.2 Å². The summed E-state index contributed by atoms with van der Waals surface area (Å²) in [5, 5.41) is 3.03. The van der Waals surface area contributed by atoms with E-state index in [2.05, 4.69) is 5.32 Å². The fraction of sp³-hybridized carbons (Fsp3) is 0.417. The molecule has 1 heterocycles. The molecule has 1 aliphatic rings. The molecule has 110 valence electrons. The summed E-state index contributed by atoms with van der Waals surface area (Å²) in [6.45, 7) is 0.700. The van der Waals surface area contributed by atoms with E-state index in [-0.39, 0.29) is 10.9 Å². The normalized spacial score (nSPS) is 19.4. The average molecular weight is 301 g/mol. The average Bonchev–Trinajstić information content (AvgIpc) is 2.89. The maximum atomic E-state index is 13.2. The number of hydrogen-bond donors (Lipinski definition) is 2. The number of nitrogens with two attached hydrogens (primary N) is 1. The third kappa shape index (κ3) is 3.14. The van der Waals surface area contributed by atoms with Gasteiger partial charge in [0.25, 0.3) is 0 Å². The molecule has 6 nitrogen and oxygen atoms in total. The molecule has 1 aromatic rings. The van der Waals surface area contributed by atoms with Crippen molar-refractivity contribution in [2.75, 3.05) is 19.6 Å². The minimum atomic E-state index is -3.95. The number of primary amides is 1. The number of nitrogens with zero attached hydrogens (tertiary/aromatic N) is 1. The zero-order valence-corrected chi connectivity index (χ0v) is 11.6. The van der Waals surface area contributed by atoms with Gasteiger partial charge in [0.05, 0.1) is 11.4 Å². The minimum absolute atomic E-state index is 0.175. The number of sulfonamides is 1. The summed E-state index contributed by atoms with van der Waals surface area (Å²) in [4.78, 5) is 11.0. The largest absolute Gasteiger partial charge is 0.369 e. The smallest absolute Gasteiger partial charge is 0.243 e. The van der Waals surface area contributed by atoms with Gasteiger partial charge in [0, 0.05) is 12.6 Å². The van der Waals surface area contributed by atoms with Gasteiger partial charge >= 0.3 is 0 Å². The van der Waals surface area contributed by atoms with E-state index >= 15 is 0 Å². The molecule has 2 rings (SSSR count). The molecule has 1 saturated heterocycles. The molecule has 0 bridgehead atoms. The molecule has 1 atom stereocenters. The second kappa shape index (κ2) is 5.86. The summed E-state index contributed by atoms with van der Waals surface area (Å²) in [6, 6.07) is 4.36. The highest BCUT2D eigenvalue weighted by Gasteiger charge is 2.34. The zero-order chi connectivity index (χ0) is 14.8. The molecular formula is C12H16FN3O3S. The van der Waals surface area contributed by atoms with Crippen molar-refractivity contribution in [3.05, 3.63) is 30.1 Å². The van der Waals surface area contributed by atoms with Gasteiger partial charge in [-0.05, 0) is 31.2 Å². The van der Waals surface area contributed by atoms with E-state index < -0.39 is 28.3 Å². The van der Waals surface area contributed by atoms with Crippen LogP contribution in [-0.2, 0) is 14.8 Å². The number of rotatable bonds is 5. The molecular weight excluding hydrogens is 285 g/mol. The molecule has 0 aromatic heterocycles. The molecule has 1 aliphatic heterocycles. The summed E-state index contributed by atoms with van der Waals surface area (Å²) in [7, 11) is -3.95. The van der Waals surface area contributed by atoms with E-state index in [4.69, 9.17) is 5.73 Å². The van der Waals surface area contributed by atoms with Crippen LogP contribution in [0.5, 0.6) is 0 Å². The van der Waals surface area contributed by atoms with Gasteiger partial charge in [-0.2, -0.15) is 4.31 Å². The fourth-order valence-corrected chi connectivity index (χ4v) is 3.86. The van der Waals surface area contributed by atoms with E-state index in [0.29, 0.717) is 19.5 Å². The molecule has 0 radical (unpaired) electrons. The van der Waals surface area contributed by atoms with Crippen molar-refractivity contribution in [3.63, 3.8) is 0 Å². The van der Waals surface area contributed by atoms with Crippen LogP contribution in [0.2, 0.25) is 0 Å². The topological polar surface area (TPSA) is 92.5 Å². The Labute approximate surface area is 116 Å². The van der Waals surface area contributed by atoms with Crippen molar-refractivity contribution in [2.45, 2.75) is 17.4 Å². The van der Waals surface area contributed by atoms with Gasteiger partial charge in [-0.25, -0.2) is 12.8 Å². The molecule has 1 fully saturated rings. The highest BCUT2D eigenvalue weighted by molar-refractivity contribution is 7.89. The lowest BCUT2D eigenvalue weighted by molar-refractivity contribution is -0.118. The van der Waals surface area contributed by atoms with Crippen LogP contribution >= 0.6 is 0 Å². The Balaban J connectivity index is 2.37. The molecule has 1 unspecified atom stereocenters. The lowest BCUT2D eigenvalue weighted by Gasteiger charge is -2.26. The number of carbonyl (C=O) groups is 1. The first-order chi connectivity index (χ1) is 9.41. The Hall–Kier alpha value is -1.51. The van der Waals surface area contributed by atoms with Gasteiger partial charge in [-0.15, -0.1) is 0 Å². The molecule has 3 N–H and O–H groups in total. The van der Waals surface area contributed by atoms with Crippen LogP contribution in [0.1, 0.15) is 6.42 Å². The monoisotopic (exact) mass is 301 g/mol. The van der Waals surface area contributed by atoms with Crippen LogP contribution in [0.4, 0.5) is 4.39 Å². The summed E-state index contributed by atoms with van der Waals surface area (Å²) < 4.78 is 39.3. The Morgan fingerprint density at radius 3 is 2.80 bits per heavy atom. The van der Waals surface area contributed by atoms with E-state index in [1.54, 1.807) is 0 Å². The summed E-state index contributed by atoms with van der Waals surface area (Å²) in [5.41, 5.74) is 5.13. The minimum Gasteiger partial charge on any atom is -0.369 e.